The van der Waals surface area contributed by atoms with Gasteiger partial charge in [-0.05, 0) is 79.9 Å². The summed E-state index contributed by atoms with van der Waals surface area (Å²) in [5, 5.41) is 0. The van der Waals surface area contributed by atoms with E-state index in [-0.39, 0.29) is 0 Å². The Balaban J connectivity index is 1.31. The van der Waals surface area contributed by atoms with E-state index >= 15 is 0 Å². The lowest BCUT2D eigenvalue weighted by Crippen LogP contribution is -2.26. The highest BCUT2D eigenvalue weighted by Crippen LogP contribution is 2.43. The van der Waals surface area contributed by atoms with Gasteiger partial charge in [-0.25, -0.2) is 0 Å². The summed E-state index contributed by atoms with van der Waals surface area (Å²) in [5.74, 6) is 4.04. The maximum atomic E-state index is 12.2. The molecular formula is C27H41F3O. The number of hydrogen-bond acceptors (Lipinski definition) is 1. The summed E-state index contributed by atoms with van der Waals surface area (Å²) in [5.41, 5.74) is 1.20. The van der Waals surface area contributed by atoms with Crippen LogP contribution in [0.25, 0.3) is 0 Å². The van der Waals surface area contributed by atoms with Gasteiger partial charge in [-0.1, -0.05) is 70.4 Å². The Kier molecular flexibility index (Phi) is 9.59. The quantitative estimate of drug-likeness (QED) is 0.332. The molecule has 1 nitrogen and oxygen atoms in total. The smallest absolute Gasteiger partial charge is 0.422 e. The largest absolute Gasteiger partial charge is 0.484 e. The highest BCUT2D eigenvalue weighted by atomic mass is 19.4. The fraction of sp³-hybridized carbons (Fsp3) is 0.778. The zero-order valence-electron chi connectivity index (χ0n) is 19.3. The first-order valence-corrected chi connectivity index (χ1v) is 12.7. The average molecular weight is 439 g/mol. The number of benzene rings is 1. The highest BCUT2D eigenvalue weighted by Gasteiger charge is 2.31. The second kappa shape index (κ2) is 12.2. The minimum atomic E-state index is -4.29. The third-order valence-electron chi connectivity index (χ3n) is 7.83. The maximum absolute atomic E-state index is 12.2. The normalized spacial score (nSPS) is 27.2. The number of unbranched alkanes of at least 4 members (excludes halogenated alkanes) is 2. The second-order valence-corrected chi connectivity index (χ2v) is 10.1. The number of alkyl halides is 3. The fourth-order valence-corrected chi connectivity index (χ4v) is 5.87. The van der Waals surface area contributed by atoms with Gasteiger partial charge in [0.15, 0.2) is 6.61 Å². The first-order valence-electron chi connectivity index (χ1n) is 12.7. The van der Waals surface area contributed by atoms with Gasteiger partial charge in [0.2, 0.25) is 0 Å². The molecular weight excluding hydrogens is 397 g/mol. The van der Waals surface area contributed by atoms with Gasteiger partial charge in [0.25, 0.3) is 0 Å². The zero-order chi connectivity index (χ0) is 22.1. The summed E-state index contributed by atoms with van der Waals surface area (Å²) in [6.07, 6.45) is 14.9. The van der Waals surface area contributed by atoms with Gasteiger partial charge in [-0.15, -0.1) is 0 Å². The monoisotopic (exact) mass is 438 g/mol. The zero-order valence-corrected chi connectivity index (χ0v) is 19.3. The summed E-state index contributed by atoms with van der Waals surface area (Å²) in [4.78, 5) is 0. The first-order chi connectivity index (χ1) is 14.9. The van der Waals surface area contributed by atoms with Crippen LogP contribution >= 0.6 is 0 Å². The van der Waals surface area contributed by atoms with E-state index in [1.807, 2.05) is 12.1 Å². The maximum Gasteiger partial charge on any atom is 0.422 e. The number of rotatable bonds is 10. The van der Waals surface area contributed by atoms with Gasteiger partial charge >= 0.3 is 6.18 Å². The topological polar surface area (TPSA) is 9.23 Å². The molecule has 4 heteroatoms. The van der Waals surface area contributed by atoms with Crippen molar-refractivity contribution in [1.82, 2.24) is 0 Å². The van der Waals surface area contributed by atoms with Crippen LogP contribution in [-0.4, -0.2) is 12.8 Å². The Morgan fingerprint density at radius 1 is 0.774 bits per heavy atom. The summed E-state index contributed by atoms with van der Waals surface area (Å²) in [6, 6.07) is 7.15. The molecule has 1 aromatic rings. The molecule has 3 rings (SSSR count). The molecule has 0 N–H and O–H groups in total. The van der Waals surface area contributed by atoms with Crippen LogP contribution in [0.5, 0.6) is 5.75 Å². The van der Waals surface area contributed by atoms with Crippen molar-refractivity contribution in [2.24, 2.45) is 23.7 Å². The van der Waals surface area contributed by atoms with Crippen LogP contribution in [0.15, 0.2) is 24.3 Å². The van der Waals surface area contributed by atoms with Crippen molar-refractivity contribution in [3.05, 3.63) is 29.8 Å². The van der Waals surface area contributed by atoms with Gasteiger partial charge in [0.05, 0.1) is 0 Å². The van der Waals surface area contributed by atoms with Crippen LogP contribution in [0.4, 0.5) is 13.2 Å². The lowest BCUT2D eigenvalue weighted by Gasteiger charge is -2.38. The summed E-state index contributed by atoms with van der Waals surface area (Å²) < 4.78 is 41.5. The van der Waals surface area contributed by atoms with Crippen molar-refractivity contribution in [1.29, 1.82) is 0 Å². The Morgan fingerprint density at radius 2 is 1.32 bits per heavy atom. The van der Waals surface area contributed by atoms with Crippen LogP contribution in [0.2, 0.25) is 0 Å². The molecule has 2 aliphatic rings. The third kappa shape index (κ3) is 8.69. The molecule has 176 valence electrons. The van der Waals surface area contributed by atoms with E-state index in [1.165, 1.54) is 89.0 Å². The molecule has 2 aliphatic carbocycles. The average Bonchev–Trinajstić information content (AvgIpc) is 2.77. The molecule has 0 unspecified atom stereocenters. The molecule has 0 bridgehead atoms. The van der Waals surface area contributed by atoms with Crippen molar-refractivity contribution >= 4 is 0 Å². The lowest BCUT2D eigenvalue weighted by molar-refractivity contribution is -0.153. The Hall–Kier alpha value is -1.19. The molecule has 0 radical (unpaired) electrons. The molecule has 0 aromatic heterocycles. The van der Waals surface area contributed by atoms with E-state index in [9.17, 15) is 13.2 Å². The van der Waals surface area contributed by atoms with Gasteiger partial charge in [-0.2, -0.15) is 13.2 Å². The Labute approximate surface area is 187 Å². The van der Waals surface area contributed by atoms with Crippen LogP contribution in [0, 0.1) is 23.7 Å². The van der Waals surface area contributed by atoms with Gasteiger partial charge in [0.1, 0.15) is 5.75 Å². The van der Waals surface area contributed by atoms with E-state index < -0.39 is 12.8 Å². The minimum absolute atomic E-state index is 0.293. The summed E-state index contributed by atoms with van der Waals surface area (Å²) in [6.45, 7) is 1.07. The van der Waals surface area contributed by atoms with E-state index in [4.69, 9.17) is 4.74 Å². The van der Waals surface area contributed by atoms with E-state index in [1.54, 1.807) is 12.1 Å². The fourth-order valence-electron chi connectivity index (χ4n) is 5.87. The molecule has 1 aromatic carbocycles. The summed E-state index contributed by atoms with van der Waals surface area (Å²) >= 11 is 0. The lowest BCUT2D eigenvalue weighted by atomic mass is 9.68. The van der Waals surface area contributed by atoms with E-state index in [2.05, 4.69) is 6.92 Å². The molecule has 0 aliphatic heterocycles. The van der Waals surface area contributed by atoms with Gasteiger partial charge in [-0.3, -0.25) is 0 Å². The number of halogens is 3. The Bertz CT molecular complexity index is 608. The first kappa shape index (κ1) is 24.5. The minimum Gasteiger partial charge on any atom is -0.484 e. The molecule has 0 atom stereocenters. The number of aryl methyl sites for hydroxylation is 1. The van der Waals surface area contributed by atoms with Crippen LogP contribution < -0.4 is 4.74 Å². The van der Waals surface area contributed by atoms with Gasteiger partial charge in [0, 0.05) is 0 Å². The SMILES string of the molecule is CCCCC[C@H]1CC[C@H]([C@H]2CC[C@H](CCc3ccc(OCC(F)(F)F)cc3)CC2)CC1. The molecule has 0 saturated heterocycles. The van der Waals surface area contributed by atoms with E-state index in [0.29, 0.717) is 5.75 Å². The van der Waals surface area contributed by atoms with Gasteiger partial charge < -0.3 is 4.74 Å². The summed E-state index contributed by atoms with van der Waals surface area (Å²) in [7, 11) is 0. The predicted octanol–water partition coefficient (Wildman–Crippen LogP) is 8.75. The number of hydrogen-bond donors (Lipinski definition) is 0. The molecule has 0 spiro atoms. The molecule has 0 heterocycles. The second-order valence-electron chi connectivity index (χ2n) is 10.1. The van der Waals surface area contributed by atoms with Crippen LogP contribution in [0.3, 0.4) is 0 Å². The molecule has 31 heavy (non-hydrogen) atoms. The van der Waals surface area contributed by atoms with E-state index in [0.717, 1.165) is 30.1 Å². The van der Waals surface area contributed by atoms with Crippen LogP contribution in [-0.2, 0) is 6.42 Å². The van der Waals surface area contributed by atoms with Crippen molar-refractivity contribution in [3.8, 4) is 5.75 Å². The number of ether oxygens (including phenoxy) is 1. The molecule has 2 saturated carbocycles. The molecule has 2 fully saturated rings. The van der Waals surface area contributed by atoms with Crippen molar-refractivity contribution in [3.63, 3.8) is 0 Å². The van der Waals surface area contributed by atoms with Crippen molar-refractivity contribution < 1.29 is 17.9 Å². The molecule has 0 amide bonds. The Morgan fingerprint density at radius 3 is 1.84 bits per heavy atom. The highest BCUT2D eigenvalue weighted by molar-refractivity contribution is 5.27. The standard InChI is InChI=1S/C27H41F3O/c1-2-3-4-5-21-8-14-24(15-9-21)25-16-10-22(11-17-25)6-7-23-12-18-26(19-13-23)31-20-27(28,29)30/h12-13,18-19,21-22,24-25H,2-11,14-17,20H2,1H3/t21-,22-,24-,25-. The predicted molar refractivity (Wildman–Crippen MR) is 121 cm³/mol. The van der Waals surface area contributed by atoms with Crippen LogP contribution in [0.1, 0.15) is 96.0 Å². The van der Waals surface area contributed by atoms with Crippen molar-refractivity contribution in [2.75, 3.05) is 6.61 Å². The third-order valence-corrected chi connectivity index (χ3v) is 7.83. The van der Waals surface area contributed by atoms with Crippen molar-refractivity contribution in [2.45, 2.75) is 103 Å².